The monoisotopic (exact) mass is 534 g/mol. The average molecular weight is 535 g/mol. The Morgan fingerprint density at radius 1 is 1.16 bits per heavy atom. The van der Waals surface area contributed by atoms with Crippen LogP contribution >= 0.6 is 0 Å². The molecule has 3 fully saturated rings. The number of ketones is 2. The van der Waals surface area contributed by atoms with Crippen molar-refractivity contribution < 1.29 is 48.0 Å². The fraction of sp³-hybridized carbons (Fsp3) is 0.679. The number of esters is 2. The van der Waals surface area contributed by atoms with E-state index < -0.39 is 89.1 Å². The van der Waals surface area contributed by atoms with Gasteiger partial charge in [-0.25, -0.2) is 4.39 Å². The first-order valence-electron chi connectivity index (χ1n) is 13.0. The van der Waals surface area contributed by atoms with Crippen molar-refractivity contribution in [3.05, 3.63) is 23.8 Å². The van der Waals surface area contributed by atoms with E-state index in [4.69, 9.17) is 14.6 Å². The Labute approximate surface area is 220 Å². The quantitative estimate of drug-likeness (QED) is 0.471. The van der Waals surface area contributed by atoms with Gasteiger partial charge in [0.05, 0.1) is 12.8 Å². The molecule has 4 aliphatic carbocycles. The third-order valence-corrected chi connectivity index (χ3v) is 9.85. The SMILES string of the molecule is CC(=O)OCC(=O)[C@@]1(O)[C@H](C)C[C@H]2[C@@H]3CCC4=CC(=O)C=C[C@]4(C)[C@]3(F)[C@H](OC(=O)CCC(=O)O)C[C@@]21C. The predicted octanol–water partition coefficient (Wildman–Crippen LogP) is 2.88. The molecule has 38 heavy (non-hydrogen) atoms. The van der Waals surface area contributed by atoms with Crippen LogP contribution in [0, 0.1) is 28.6 Å². The number of carboxylic acids is 1. The van der Waals surface area contributed by atoms with Gasteiger partial charge in [-0.2, -0.15) is 0 Å². The van der Waals surface area contributed by atoms with Crippen molar-refractivity contribution in [3.63, 3.8) is 0 Å². The minimum atomic E-state index is -2.18. The van der Waals surface area contributed by atoms with Crippen molar-refractivity contribution in [1.82, 2.24) is 0 Å². The van der Waals surface area contributed by atoms with Crippen LogP contribution in [-0.4, -0.2) is 63.7 Å². The van der Waals surface area contributed by atoms with Crippen molar-refractivity contribution in [2.75, 3.05) is 6.61 Å². The molecule has 0 aromatic heterocycles. The van der Waals surface area contributed by atoms with Crippen LogP contribution in [0.25, 0.3) is 0 Å². The lowest BCUT2D eigenvalue weighted by molar-refractivity contribution is -0.230. The van der Waals surface area contributed by atoms with Gasteiger partial charge in [0.15, 0.2) is 18.1 Å². The number of aliphatic hydroxyl groups is 1. The predicted molar refractivity (Wildman–Crippen MR) is 130 cm³/mol. The summed E-state index contributed by atoms with van der Waals surface area (Å²) in [6.45, 7) is 5.59. The van der Waals surface area contributed by atoms with Crippen molar-refractivity contribution in [2.24, 2.45) is 28.6 Å². The molecule has 9 nitrogen and oxygen atoms in total. The van der Waals surface area contributed by atoms with E-state index in [1.54, 1.807) is 20.8 Å². The summed E-state index contributed by atoms with van der Waals surface area (Å²) in [5.74, 6) is -5.55. The molecule has 0 spiro atoms. The smallest absolute Gasteiger partial charge is 0.306 e. The van der Waals surface area contributed by atoms with Crippen LogP contribution in [0.3, 0.4) is 0 Å². The van der Waals surface area contributed by atoms with Gasteiger partial charge < -0.3 is 19.7 Å². The molecule has 0 amide bonds. The summed E-state index contributed by atoms with van der Waals surface area (Å²) in [6, 6.07) is 0. The molecule has 0 saturated heterocycles. The molecule has 0 aliphatic heterocycles. The maximum Gasteiger partial charge on any atom is 0.306 e. The van der Waals surface area contributed by atoms with E-state index in [1.165, 1.54) is 18.2 Å². The number of carbonyl (C=O) groups excluding carboxylic acids is 4. The Hall–Kier alpha value is -2.88. The standard InChI is InChI=1S/C28H35FO9/c1-15-11-20-19-6-5-17-12-18(31)9-10-25(17,3)27(19,29)22(38-24(35)8-7-23(33)34)13-26(20,4)28(15,36)21(32)14-37-16(2)30/h9-10,12,15,19-20,22,36H,5-8,11,13-14H2,1-4H3,(H,33,34)/t15-,19+,20+,22-,25+,26+,27-,28+/m1/s1. The van der Waals surface area contributed by atoms with E-state index in [9.17, 15) is 29.1 Å². The Balaban J connectivity index is 1.80. The van der Waals surface area contributed by atoms with Crippen LogP contribution in [0.5, 0.6) is 0 Å². The number of allylic oxidation sites excluding steroid dienone is 4. The lowest BCUT2D eigenvalue weighted by atomic mass is 9.44. The number of hydrogen-bond acceptors (Lipinski definition) is 8. The number of halogens is 1. The van der Waals surface area contributed by atoms with E-state index in [2.05, 4.69) is 0 Å². The highest BCUT2D eigenvalue weighted by Gasteiger charge is 2.76. The molecule has 0 radical (unpaired) electrons. The minimum absolute atomic E-state index is 0.208. The van der Waals surface area contributed by atoms with Crippen molar-refractivity contribution in [1.29, 1.82) is 0 Å². The Morgan fingerprint density at radius 2 is 1.84 bits per heavy atom. The van der Waals surface area contributed by atoms with Gasteiger partial charge in [-0.1, -0.05) is 25.5 Å². The summed E-state index contributed by atoms with van der Waals surface area (Å²) < 4.78 is 28.5. The number of fused-ring (bicyclic) bond motifs is 5. The van der Waals surface area contributed by atoms with Crippen molar-refractivity contribution in [2.45, 2.75) is 83.6 Å². The first kappa shape index (κ1) is 28.1. The lowest BCUT2D eigenvalue weighted by Gasteiger charge is -2.63. The third kappa shape index (κ3) is 3.94. The highest BCUT2D eigenvalue weighted by Crippen LogP contribution is 2.71. The lowest BCUT2D eigenvalue weighted by Crippen LogP contribution is -2.70. The van der Waals surface area contributed by atoms with Gasteiger partial charge in [0.1, 0.15) is 11.7 Å². The van der Waals surface area contributed by atoms with E-state index >= 15 is 4.39 Å². The summed E-state index contributed by atoms with van der Waals surface area (Å²) in [5.41, 5.74) is -6.08. The number of Topliss-reactive ketones (excluding diaryl/α,β-unsaturated/α-hetero) is 1. The van der Waals surface area contributed by atoms with Crippen molar-refractivity contribution >= 4 is 29.5 Å². The first-order valence-corrected chi connectivity index (χ1v) is 13.0. The largest absolute Gasteiger partial charge is 0.481 e. The Bertz CT molecular complexity index is 1140. The van der Waals surface area contributed by atoms with E-state index in [-0.39, 0.29) is 12.2 Å². The first-order chi connectivity index (χ1) is 17.6. The highest BCUT2D eigenvalue weighted by molar-refractivity contribution is 6.01. The Morgan fingerprint density at radius 3 is 2.47 bits per heavy atom. The summed E-state index contributed by atoms with van der Waals surface area (Å²) in [6.07, 6.45) is 2.71. The van der Waals surface area contributed by atoms with Gasteiger partial charge in [-0.3, -0.25) is 24.0 Å². The molecule has 4 aliphatic rings. The zero-order valence-electron chi connectivity index (χ0n) is 22.1. The summed E-state index contributed by atoms with van der Waals surface area (Å²) >= 11 is 0. The van der Waals surface area contributed by atoms with Crippen LogP contribution < -0.4 is 0 Å². The maximum absolute atomic E-state index is 17.9. The van der Waals surface area contributed by atoms with Crippen LogP contribution in [0.4, 0.5) is 4.39 Å². The molecule has 8 atom stereocenters. The molecule has 208 valence electrons. The molecule has 0 heterocycles. The number of carboxylic acid groups (broad SMARTS) is 1. The van der Waals surface area contributed by atoms with Crippen molar-refractivity contribution in [3.8, 4) is 0 Å². The van der Waals surface area contributed by atoms with Gasteiger partial charge in [0, 0.05) is 23.7 Å². The maximum atomic E-state index is 17.9. The second-order valence-electron chi connectivity index (χ2n) is 11.7. The third-order valence-electron chi connectivity index (χ3n) is 9.85. The Kier molecular flexibility index (Phi) is 6.96. The van der Waals surface area contributed by atoms with Crippen LogP contribution in [0.15, 0.2) is 23.8 Å². The number of ether oxygens (including phenoxy) is 2. The number of carbonyl (C=O) groups is 5. The number of aliphatic carboxylic acids is 1. The average Bonchev–Trinajstić information content (AvgIpc) is 3.04. The molecule has 0 bridgehead atoms. The van der Waals surface area contributed by atoms with Gasteiger partial charge >= 0.3 is 17.9 Å². The second-order valence-corrected chi connectivity index (χ2v) is 11.7. The van der Waals surface area contributed by atoms with E-state index in [0.717, 1.165) is 6.92 Å². The molecule has 10 heteroatoms. The fourth-order valence-corrected chi connectivity index (χ4v) is 7.94. The number of alkyl halides is 1. The van der Waals surface area contributed by atoms with Gasteiger partial charge in [-0.15, -0.1) is 0 Å². The molecule has 2 N–H and O–H groups in total. The number of rotatable bonds is 7. The highest BCUT2D eigenvalue weighted by atomic mass is 19.1. The molecule has 4 rings (SSSR count). The van der Waals surface area contributed by atoms with Gasteiger partial charge in [0.25, 0.3) is 0 Å². The summed E-state index contributed by atoms with van der Waals surface area (Å²) in [7, 11) is 0. The van der Waals surface area contributed by atoms with Crippen LogP contribution in [0.1, 0.15) is 66.2 Å². The van der Waals surface area contributed by atoms with E-state index in [1.807, 2.05) is 0 Å². The normalized spacial score (nSPS) is 41.3. The molecule has 0 unspecified atom stereocenters. The molecular formula is C28H35FO9. The zero-order valence-corrected chi connectivity index (χ0v) is 22.1. The summed E-state index contributed by atoms with van der Waals surface area (Å²) in [4.78, 5) is 60.7. The van der Waals surface area contributed by atoms with E-state index in [0.29, 0.717) is 24.8 Å². The second kappa shape index (κ2) is 9.39. The zero-order chi connectivity index (χ0) is 28.3. The number of hydrogen-bond donors (Lipinski definition) is 2. The minimum Gasteiger partial charge on any atom is -0.481 e. The summed E-state index contributed by atoms with van der Waals surface area (Å²) in [5, 5.41) is 21.0. The topological polar surface area (TPSA) is 144 Å². The molecular weight excluding hydrogens is 499 g/mol. The molecule has 0 aromatic carbocycles. The van der Waals surface area contributed by atoms with Gasteiger partial charge in [0.2, 0.25) is 5.78 Å². The fourth-order valence-electron chi connectivity index (χ4n) is 7.94. The molecule has 3 saturated carbocycles. The van der Waals surface area contributed by atoms with Crippen LogP contribution in [-0.2, 0) is 33.4 Å². The molecule has 0 aromatic rings. The van der Waals surface area contributed by atoms with Gasteiger partial charge in [-0.05, 0) is 56.6 Å². The van der Waals surface area contributed by atoms with Crippen LogP contribution in [0.2, 0.25) is 0 Å².